The number of nitrogens with zero attached hydrogens (tertiary/aromatic N) is 4. The fourth-order valence-electron chi connectivity index (χ4n) is 7.16. The van der Waals surface area contributed by atoms with Gasteiger partial charge in [-0.1, -0.05) is 23.7 Å². The number of halogens is 1. The van der Waals surface area contributed by atoms with Crippen molar-refractivity contribution in [2.75, 3.05) is 37.4 Å². The third kappa shape index (κ3) is 8.05. The van der Waals surface area contributed by atoms with Crippen LogP contribution in [0.3, 0.4) is 0 Å². The predicted octanol–water partition coefficient (Wildman–Crippen LogP) is 1.67. The molecule has 2 fully saturated rings. The number of carbonyl (C=O) groups is 5. The average molecular weight is 806 g/mol. The zero-order valence-electron chi connectivity index (χ0n) is 30.4. The number of fused-ring (bicyclic) bond motifs is 2. The second-order valence-corrected chi connectivity index (χ2v) is 14.2. The van der Waals surface area contributed by atoms with Crippen molar-refractivity contribution in [1.82, 2.24) is 24.8 Å². The predicted molar refractivity (Wildman–Crippen MR) is 201 cm³/mol. The van der Waals surface area contributed by atoms with Crippen molar-refractivity contribution in [3.8, 4) is 5.75 Å². The minimum absolute atomic E-state index is 0.0274. The minimum atomic E-state index is -1.45. The number of piperidine rings is 1. The summed E-state index contributed by atoms with van der Waals surface area (Å²) in [6, 6.07) is 9.97. The number of hydrogen-bond acceptors (Lipinski definition) is 15. The molecule has 7 N–H and O–H groups in total. The highest BCUT2D eigenvalue weighted by Crippen LogP contribution is 2.39. The zero-order valence-corrected chi connectivity index (χ0v) is 31.1. The van der Waals surface area contributed by atoms with Crippen LogP contribution in [-0.4, -0.2) is 115 Å². The van der Waals surface area contributed by atoms with Crippen molar-refractivity contribution in [2.24, 2.45) is 0 Å². The Hall–Kier alpha value is -5.50. The first-order chi connectivity index (χ1) is 27.4. The van der Waals surface area contributed by atoms with E-state index in [1.807, 2.05) is 0 Å². The molecule has 2 saturated heterocycles. The number of imide groups is 2. The molecule has 4 aromatic rings. The van der Waals surface area contributed by atoms with Crippen LogP contribution in [0.2, 0.25) is 5.02 Å². The SMILES string of the molecule is Nc1ncnc2c1ccn2[C@@H]1O[C@H]([C@H](O)c2ccc(Cl)c(OCCCC(=O)CCOCCNc3cccc4c3C(=O)N(C3CCC(=O)NC3=O)C4=O)c2)[C@@H](O)[C@H]1O. The van der Waals surface area contributed by atoms with Gasteiger partial charge in [-0.2, -0.15) is 0 Å². The Kier molecular flexibility index (Phi) is 11.8. The second kappa shape index (κ2) is 16.9. The highest BCUT2D eigenvalue weighted by molar-refractivity contribution is 6.32. The van der Waals surface area contributed by atoms with E-state index in [2.05, 4.69) is 20.6 Å². The van der Waals surface area contributed by atoms with Gasteiger partial charge < -0.3 is 45.1 Å². The average Bonchev–Trinajstić information content (AvgIpc) is 3.83. The zero-order chi connectivity index (χ0) is 40.4. The summed E-state index contributed by atoms with van der Waals surface area (Å²) in [5.74, 6) is -1.90. The normalized spacial score (nSPS) is 22.5. The van der Waals surface area contributed by atoms with E-state index in [9.17, 15) is 39.3 Å². The summed E-state index contributed by atoms with van der Waals surface area (Å²) in [6.07, 6.45) is -2.77. The highest BCUT2D eigenvalue weighted by Gasteiger charge is 2.48. The van der Waals surface area contributed by atoms with Gasteiger partial charge in [-0.3, -0.25) is 34.2 Å². The van der Waals surface area contributed by atoms with E-state index in [-0.39, 0.29) is 85.5 Å². The van der Waals surface area contributed by atoms with Gasteiger partial charge in [0.15, 0.2) is 6.23 Å². The van der Waals surface area contributed by atoms with E-state index < -0.39 is 60.3 Å². The lowest BCUT2D eigenvalue weighted by Crippen LogP contribution is -2.54. The molecule has 1 unspecified atom stereocenters. The van der Waals surface area contributed by atoms with Crippen molar-refractivity contribution in [1.29, 1.82) is 0 Å². The number of hydrogen-bond donors (Lipinski definition) is 6. The first-order valence-corrected chi connectivity index (χ1v) is 18.7. The Morgan fingerprint density at radius 2 is 1.88 bits per heavy atom. The van der Waals surface area contributed by atoms with Crippen LogP contribution in [-0.2, 0) is 23.9 Å². The number of benzene rings is 2. The van der Waals surface area contributed by atoms with Gasteiger partial charge in [0, 0.05) is 37.7 Å². The molecule has 19 heteroatoms. The maximum Gasteiger partial charge on any atom is 0.264 e. The van der Waals surface area contributed by atoms with E-state index in [1.165, 1.54) is 29.1 Å². The summed E-state index contributed by atoms with van der Waals surface area (Å²) < 4.78 is 18.9. The summed E-state index contributed by atoms with van der Waals surface area (Å²) in [6.45, 7) is 0.785. The van der Waals surface area contributed by atoms with Crippen LogP contribution in [0.15, 0.2) is 55.0 Å². The van der Waals surface area contributed by atoms with Crippen molar-refractivity contribution in [3.05, 3.63) is 76.7 Å². The number of amides is 4. The number of ether oxygens (including phenoxy) is 3. The Balaban J connectivity index is 0.828. The standard InChI is InChI=1S/C38H40ClN7O11/c39-23-7-6-19(29(49)32-30(50)31(51)38(57-32)45-13-10-22-33(40)42-18-43-34(22)45)17-26(23)56-14-2-3-20(47)11-15-55-16-12-41-24-5-1-4-21-28(24)37(54)46(36(21)53)25-8-9-27(48)44-35(25)52/h1,4-7,10,13,17-18,25,29-32,38,41,49-51H,2-3,8-9,11-12,14-16H2,(H2,40,42,43)(H,44,48,52)/t25?,29-,30+,31-,32-,38-/m1/s1. The number of aromatic nitrogens is 3. The molecular weight excluding hydrogens is 766 g/mol. The molecule has 2 aromatic heterocycles. The summed E-state index contributed by atoms with van der Waals surface area (Å²) in [5, 5.41) is 39.0. The molecule has 0 radical (unpaired) electrons. The van der Waals surface area contributed by atoms with E-state index in [0.717, 1.165) is 4.90 Å². The smallest absolute Gasteiger partial charge is 0.264 e. The van der Waals surface area contributed by atoms with Gasteiger partial charge >= 0.3 is 0 Å². The molecule has 18 nitrogen and oxygen atoms in total. The Morgan fingerprint density at radius 3 is 2.68 bits per heavy atom. The third-order valence-electron chi connectivity index (χ3n) is 10.1. The third-order valence-corrected chi connectivity index (χ3v) is 10.4. The van der Waals surface area contributed by atoms with Crippen LogP contribution in [0.1, 0.15) is 70.7 Å². The van der Waals surface area contributed by atoms with E-state index in [1.54, 1.807) is 30.5 Å². The molecule has 0 saturated carbocycles. The Labute approximate surface area is 329 Å². The topological polar surface area (TPSA) is 258 Å². The van der Waals surface area contributed by atoms with Crippen LogP contribution in [0.4, 0.5) is 11.5 Å². The van der Waals surface area contributed by atoms with Crippen molar-refractivity contribution < 1.29 is 53.5 Å². The van der Waals surface area contributed by atoms with Crippen LogP contribution in [0.5, 0.6) is 5.75 Å². The van der Waals surface area contributed by atoms with E-state index in [4.69, 9.17) is 31.5 Å². The summed E-state index contributed by atoms with van der Waals surface area (Å²) >= 11 is 6.35. The minimum Gasteiger partial charge on any atom is -0.492 e. The van der Waals surface area contributed by atoms with Crippen molar-refractivity contribution in [3.63, 3.8) is 0 Å². The Morgan fingerprint density at radius 1 is 1.05 bits per heavy atom. The van der Waals surface area contributed by atoms with Crippen LogP contribution in [0, 0.1) is 0 Å². The number of Topliss-reactive ketones (excluding diaryl/α,β-unsaturated/α-hetero) is 1. The number of nitrogens with two attached hydrogens (primary N) is 1. The lowest BCUT2D eigenvalue weighted by Gasteiger charge is -2.27. The van der Waals surface area contributed by atoms with Gasteiger partial charge in [0.05, 0.1) is 41.4 Å². The first kappa shape index (κ1) is 39.7. The molecular formula is C38H40ClN7O11. The fourth-order valence-corrected chi connectivity index (χ4v) is 7.33. The molecule has 0 spiro atoms. The molecule has 5 heterocycles. The molecule has 57 heavy (non-hydrogen) atoms. The van der Waals surface area contributed by atoms with Gasteiger partial charge in [0.25, 0.3) is 11.8 Å². The first-order valence-electron chi connectivity index (χ1n) is 18.3. The van der Waals surface area contributed by atoms with Gasteiger partial charge in [0.2, 0.25) is 11.8 Å². The molecule has 2 aromatic carbocycles. The van der Waals surface area contributed by atoms with Crippen molar-refractivity contribution >= 4 is 63.6 Å². The van der Waals surface area contributed by atoms with E-state index in [0.29, 0.717) is 28.7 Å². The summed E-state index contributed by atoms with van der Waals surface area (Å²) in [7, 11) is 0. The number of aliphatic hydroxyl groups excluding tert-OH is 3. The molecule has 0 bridgehead atoms. The maximum absolute atomic E-state index is 13.2. The van der Waals surface area contributed by atoms with Crippen LogP contribution in [0.25, 0.3) is 11.0 Å². The van der Waals surface area contributed by atoms with Gasteiger partial charge in [-0.05, 0) is 48.7 Å². The molecule has 6 atom stereocenters. The molecule has 0 aliphatic carbocycles. The van der Waals surface area contributed by atoms with Crippen LogP contribution >= 0.6 is 11.6 Å². The second-order valence-electron chi connectivity index (χ2n) is 13.8. The van der Waals surface area contributed by atoms with E-state index >= 15 is 0 Å². The largest absolute Gasteiger partial charge is 0.492 e. The molecule has 3 aliphatic heterocycles. The summed E-state index contributed by atoms with van der Waals surface area (Å²) in [5.41, 5.74) is 7.36. The maximum atomic E-state index is 13.2. The van der Waals surface area contributed by atoms with Gasteiger partial charge in [-0.15, -0.1) is 0 Å². The number of ketones is 1. The monoisotopic (exact) mass is 805 g/mol. The molecule has 300 valence electrons. The van der Waals surface area contributed by atoms with Gasteiger partial charge in [-0.25, -0.2) is 9.97 Å². The van der Waals surface area contributed by atoms with Crippen LogP contribution < -0.4 is 21.1 Å². The summed E-state index contributed by atoms with van der Waals surface area (Å²) in [4.78, 5) is 71.8. The van der Waals surface area contributed by atoms with Gasteiger partial charge in [0.1, 0.15) is 59.8 Å². The lowest BCUT2D eigenvalue weighted by molar-refractivity contribution is -0.136. The number of rotatable bonds is 16. The Bertz CT molecular complexity index is 2220. The number of anilines is 2. The number of nitrogen functional groups attached to an aromatic ring is 1. The number of aliphatic hydroxyl groups is 3. The molecule has 4 amide bonds. The fraction of sp³-hybridized carbons (Fsp3) is 0.395. The number of nitrogens with one attached hydrogen (secondary N) is 2. The highest BCUT2D eigenvalue weighted by atomic mass is 35.5. The lowest BCUT2D eigenvalue weighted by atomic mass is 9.99. The van der Waals surface area contributed by atoms with Crippen molar-refractivity contribution in [2.45, 2.75) is 68.8 Å². The number of carbonyl (C=O) groups excluding carboxylic acids is 5. The quantitative estimate of drug-likeness (QED) is 0.0696. The molecule has 3 aliphatic rings. The molecule has 7 rings (SSSR count).